The summed E-state index contributed by atoms with van der Waals surface area (Å²) in [6.07, 6.45) is 3.08. The number of aryl methyl sites for hydroxylation is 1. The largest absolute Gasteiger partial charge is 0.448 e. The molecule has 0 aliphatic rings. The predicted molar refractivity (Wildman–Crippen MR) is 61.4 cm³/mol. The minimum atomic E-state index is -0.163. The van der Waals surface area contributed by atoms with E-state index in [4.69, 9.17) is 4.42 Å². The van der Waals surface area contributed by atoms with E-state index in [1.165, 1.54) is 6.39 Å². The number of aromatic nitrogens is 1. The number of carbonyl (C=O) groups is 1. The highest BCUT2D eigenvalue weighted by Crippen LogP contribution is 2.06. The molecule has 0 atom stereocenters. The number of amides is 1. The van der Waals surface area contributed by atoms with Gasteiger partial charge in [-0.1, -0.05) is 13.8 Å². The Morgan fingerprint density at radius 2 is 2.19 bits per heavy atom. The molecular weight excluding hydrogens is 206 g/mol. The van der Waals surface area contributed by atoms with Gasteiger partial charge in [-0.05, 0) is 13.0 Å². The summed E-state index contributed by atoms with van der Waals surface area (Å²) >= 11 is 0. The van der Waals surface area contributed by atoms with E-state index >= 15 is 0 Å². The van der Waals surface area contributed by atoms with E-state index in [0.717, 1.165) is 19.5 Å². The molecule has 5 nitrogen and oxygen atoms in total. The highest BCUT2D eigenvalue weighted by Gasteiger charge is 2.14. The van der Waals surface area contributed by atoms with Gasteiger partial charge in [0.1, 0.15) is 5.76 Å². The summed E-state index contributed by atoms with van der Waals surface area (Å²) in [5.41, 5.74) is 0.401. The quantitative estimate of drug-likeness (QED) is 0.678. The Hall–Kier alpha value is -1.36. The normalized spacial score (nSPS) is 10.4. The lowest BCUT2D eigenvalue weighted by Gasteiger charge is -2.04. The molecule has 90 valence electrons. The van der Waals surface area contributed by atoms with Gasteiger partial charge >= 0.3 is 0 Å². The molecule has 0 aliphatic heterocycles. The average molecular weight is 225 g/mol. The van der Waals surface area contributed by atoms with Gasteiger partial charge in [-0.25, -0.2) is 4.98 Å². The standard InChI is InChI=1S/C11H19N3O2/c1-3-5-12-6-7-13-11(15)10-9(4-2)16-8-14-10/h8,12H,3-7H2,1-2H3,(H,13,15). The molecule has 0 aromatic carbocycles. The summed E-state index contributed by atoms with van der Waals surface area (Å²) in [6, 6.07) is 0. The lowest BCUT2D eigenvalue weighted by Crippen LogP contribution is -2.32. The van der Waals surface area contributed by atoms with Crippen LogP contribution in [-0.4, -0.2) is 30.5 Å². The molecule has 1 rings (SSSR count). The van der Waals surface area contributed by atoms with Crippen LogP contribution in [0, 0.1) is 0 Å². The maximum atomic E-state index is 11.7. The Morgan fingerprint density at radius 1 is 1.38 bits per heavy atom. The fourth-order valence-corrected chi connectivity index (χ4v) is 1.36. The molecule has 1 aromatic rings. The third kappa shape index (κ3) is 3.66. The van der Waals surface area contributed by atoms with Crippen LogP contribution in [0.4, 0.5) is 0 Å². The van der Waals surface area contributed by atoms with Crippen LogP contribution in [0.2, 0.25) is 0 Å². The molecule has 1 heterocycles. The minimum absolute atomic E-state index is 0.163. The zero-order chi connectivity index (χ0) is 11.8. The van der Waals surface area contributed by atoms with Crippen molar-refractivity contribution in [3.63, 3.8) is 0 Å². The van der Waals surface area contributed by atoms with E-state index in [2.05, 4.69) is 22.5 Å². The van der Waals surface area contributed by atoms with Crippen LogP contribution in [0.1, 0.15) is 36.5 Å². The van der Waals surface area contributed by atoms with Crippen LogP contribution in [0.3, 0.4) is 0 Å². The van der Waals surface area contributed by atoms with Crippen LogP contribution >= 0.6 is 0 Å². The first-order chi connectivity index (χ1) is 7.79. The van der Waals surface area contributed by atoms with E-state index in [1.807, 2.05) is 6.92 Å². The number of oxazole rings is 1. The molecule has 0 fully saturated rings. The zero-order valence-corrected chi connectivity index (χ0v) is 9.88. The van der Waals surface area contributed by atoms with Gasteiger partial charge in [0, 0.05) is 19.5 Å². The van der Waals surface area contributed by atoms with E-state index in [-0.39, 0.29) is 5.91 Å². The Labute approximate surface area is 95.6 Å². The van der Waals surface area contributed by atoms with Crippen LogP contribution in [0.5, 0.6) is 0 Å². The molecule has 0 spiro atoms. The van der Waals surface area contributed by atoms with Crippen molar-refractivity contribution in [3.8, 4) is 0 Å². The van der Waals surface area contributed by atoms with Gasteiger partial charge in [0.05, 0.1) is 0 Å². The zero-order valence-electron chi connectivity index (χ0n) is 9.88. The molecule has 0 aliphatic carbocycles. The van der Waals surface area contributed by atoms with Crippen molar-refractivity contribution < 1.29 is 9.21 Å². The van der Waals surface area contributed by atoms with Crippen molar-refractivity contribution in [2.75, 3.05) is 19.6 Å². The smallest absolute Gasteiger partial charge is 0.273 e. The number of hydrogen-bond donors (Lipinski definition) is 2. The van der Waals surface area contributed by atoms with Gasteiger partial charge in [0.15, 0.2) is 12.1 Å². The fraction of sp³-hybridized carbons (Fsp3) is 0.636. The molecule has 1 aromatic heterocycles. The Kier molecular flexibility index (Phi) is 5.56. The lowest BCUT2D eigenvalue weighted by atomic mass is 10.2. The topological polar surface area (TPSA) is 67.2 Å². The van der Waals surface area contributed by atoms with Crippen molar-refractivity contribution in [2.24, 2.45) is 0 Å². The molecule has 0 saturated carbocycles. The first-order valence-electron chi connectivity index (χ1n) is 5.70. The van der Waals surface area contributed by atoms with Gasteiger partial charge in [0.25, 0.3) is 5.91 Å². The van der Waals surface area contributed by atoms with Crippen LogP contribution in [0.15, 0.2) is 10.8 Å². The number of nitrogens with zero attached hydrogens (tertiary/aromatic N) is 1. The molecular formula is C11H19N3O2. The Bertz CT molecular complexity index is 323. The molecule has 1 amide bonds. The highest BCUT2D eigenvalue weighted by atomic mass is 16.3. The molecule has 2 N–H and O–H groups in total. The minimum Gasteiger partial charge on any atom is -0.448 e. The first kappa shape index (κ1) is 12.7. The summed E-state index contributed by atoms with van der Waals surface area (Å²) in [5, 5.41) is 6.00. The third-order valence-electron chi connectivity index (χ3n) is 2.19. The Balaban J connectivity index is 2.30. The Morgan fingerprint density at radius 3 is 2.88 bits per heavy atom. The summed E-state index contributed by atoms with van der Waals surface area (Å²) in [7, 11) is 0. The summed E-state index contributed by atoms with van der Waals surface area (Å²) < 4.78 is 5.09. The second kappa shape index (κ2) is 7.00. The number of nitrogens with one attached hydrogen (secondary N) is 2. The predicted octanol–water partition coefficient (Wildman–Crippen LogP) is 0.966. The van der Waals surface area contributed by atoms with Gasteiger partial charge in [-0.3, -0.25) is 4.79 Å². The second-order valence-electron chi connectivity index (χ2n) is 3.48. The average Bonchev–Trinajstić information content (AvgIpc) is 2.76. The lowest BCUT2D eigenvalue weighted by molar-refractivity contribution is 0.0947. The maximum absolute atomic E-state index is 11.7. The number of hydrogen-bond acceptors (Lipinski definition) is 4. The molecule has 0 saturated heterocycles. The van der Waals surface area contributed by atoms with Gasteiger partial charge in [-0.15, -0.1) is 0 Å². The van der Waals surface area contributed by atoms with Crippen molar-refractivity contribution in [1.82, 2.24) is 15.6 Å². The van der Waals surface area contributed by atoms with E-state index in [0.29, 0.717) is 24.4 Å². The summed E-state index contributed by atoms with van der Waals surface area (Å²) in [6.45, 7) is 6.39. The number of rotatable bonds is 7. The van der Waals surface area contributed by atoms with E-state index in [9.17, 15) is 4.79 Å². The van der Waals surface area contributed by atoms with Gasteiger partial charge < -0.3 is 15.1 Å². The van der Waals surface area contributed by atoms with Gasteiger partial charge in [0.2, 0.25) is 0 Å². The maximum Gasteiger partial charge on any atom is 0.273 e. The summed E-state index contributed by atoms with van der Waals surface area (Å²) in [4.78, 5) is 15.6. The van der Waals surface area contributed by atoms with E-state index in [1.54, 1.807) is 0 Å². The second-order valence-corrected chi connectivity index (χ2v) is 3.48. The number of carbonyl (C=O) groups excluding carboxylic acids is 1. The molecule has 5 heteroatoms. The molecule has 0 unspecified atom stereocenters. The SMILES string of the molecule is CCCNCCNC(=O)c1ncoc1CC. The van der Waals surface area contributed by atoms with Crippen molar-refractivity contribution in [1.29, 1.82) is 0 Å². The highest BCUT2D eigenvalue weighted by molar-refractivity contribution is 5.93. The monoisotopic (exact) mass is 225 g/mol. The van der Waals surface area contributed by atoms with Gasteiger partial charge in [-0.2, -0.15) is 0 Å². The van der Waals surface area contributed by atoms with E-state index < -0.39 is 0 Å². The third-order valence-corrected chi connectivity index (χ3v) is 2.19. The molecule has 0 bridgehead atoms. The van der Waals surface area contributed by atoms with Crippen molar-refractivity contribution in [2.45, 2.75) is 26.7 Å². The van der Waals surface area contributed by atoms with Crippen molar-refractivity contribution in [3.05, 3.63) is 17.8 Å². The fourth-order valence-electron chi connectivity index (χ4n) is 1.36. The molecule has 16 heavy (non-hydrogen) atoms. The van der Waals surface area contributed by atoms with Crippen LogP contribution in [0.25, 0.3) is 0 Å². The first-order valence-corrected chi connectivity index (χ1v) is 5.70. The van der Waals surface area contributed by atoms with Crippen molar-refractivity contribution >= 4 is 5.91 Å². The van der Waals surface area contributed by atoms with Crippen LogP contribution < -0.4 is 10.6 Å². The summed E-state index contributed by atoms with van der Waals surface area (Å²) in [5.74, 6) is 0.475. The molecule has 0 radical (unpaired) electrons. The van der Waals surface area contributed by atoms with Crippen LogP contribution in [-0.2, 0) is 6.42 Å².